The molecule has 0 atom stereocenters. The standard InChI is InChI=1S/C48H30O/c1-2-14-31(15-3-1)34-28-29-42(37-19-5-4-18-36(34)37)47-40-22-8-6-20-38(40)46(39-21-7-9-23-41(39)47)33-17-12-16-32(30-33)35-25-13-27-45-48(35)43-24-10-11-26-44(43)49-45/h1-30H/i1D,2D,3D,6D,7D,8D,9D,14D,15D,20D,21D,22D,23D. The molecule has 0 unspecified atom stereocenters. The van der Waals surface area contributed by atoms with Crippen molar-refractivity contribution in [3.63, 3.8) is 0 Å². The van der Waals surface area contributed by atoms with Crippen LogP contribution in [0.5, 0.6) is 0 Å². The van der Waals surface area contributed by atoms with Crippen molar-refractivity contribution in [3.8, 4) is 44.5 Å². The van der Waals surface area contributed by atoms with E-state index in [0.717, 1.165) is 21.9 Å². The summed E-state index contributed by atoms with van der Waals surface area (Å²) in [4.78, 5) is 0. The van der Waals surface area contributed by atoms with E-state index < -0.39 is 78.6 Å². The van der Waals surface area contributed by atoms with Gasteiger partial charge in [-0.05, 0) is 95.0 Å². The van der Waals surface area contributed by atoms with E-state index >= 15 is 0 Å². The van der Waals surface area contributed by atoms with Crippen molar-refractivity contribution in [2.45, 2.75) is 0 Å². The van der Waals surface area contributed by atoms with E-state index in [2.05, 4.69) is 0 Å². The van der Waals surface area contributed by atoms with Crippen molar-refractivity contribution in [2.75, 3.05) is 0 Å². The average molecular weight is 636 g/mol. The van der Waals surface area contributed by atoms with Gasteiger partial charge in [0.25, 0.3) is 0 Å². The van der Waals surface area contributed by atoms with Crippen molar-refractivity contribution >= 4 is 54.3 Å². The number of hydrogen-bond donors (Lipinski definition) is 0. The third-order valence-corrected chi connectivity index (χ3v) is 9.20. The third kappa shape index (κ3) is 4.33. The Morgan fingerprint density at radius 1 is 0.347 bits per heavy atom. The molecule has 10 aromatic rings. The predicted molar refractivity (Wildman–Crippen MR) is 208 cm³/mol. The molecule has 0 N–H and O–H groups in total. The molecule has 1 heteroatoms. The second-order valence-electron chi connectivity index (χ2n) is 11.8. The number of furan rings is 1. The first-order chi connectivity index (χ1) is 29.7. The first kappa shape index (κ1) is 17.6. The van der Waals surface area contributed by atoms with Crippen LogP contribution < -0.4 is 0 Å². The maximum atomic E-state index is 9.50. The predicted octanol–water partition coefficient (Wildman–Crippen LogP) is 13.7. The van der Waals surface area contributed by atoms with E-state index in [1.165, 1.54) is 0 Å². The van der Waals surface area contributed by atoms with Crippen LogP contribution in [0.4, 0.5) is 0 Å². The summed E-state index contributed by atoms with van der Waals surface area (Å²) in [5.74, 6) is 0. The number of para-hydroxylation sites is 1. The summed E-state index contributed by atoms with van der Waals surface area (Å²) in [6, 6.07) is 24.7. The van der Waals surface area contributed by atoms with Gasteiger partial charge in [0.1, 0.15) is 11.2 Å². The van der Waals surface area contributed by atoms with Gasteiger partial charge in [0.05, 0.1) is 17.8 Å². The summed E-state index contributed by atoms with van der Waals surface area (Å²) in [5, 5.41) is 2.82. The van der Waals surface area contributed by atoms with Gasteiger partial charge in [0, 0.05) is 10.8 Å². The molecule has 228 valence electrons. The molecule has 1 heterocycles. The molecule has 0 saturated heterocycles. The van der Waals surface area contributed by atoms with Crippen LogP contribution in [0.2, 0.25) is 0 Å². The molecule has 10 rings (SSSR count). The van der Waals surface area contributed by atoms with Crippen LogP contribution in [0.15, 0.2) is 186 Å². The number of benzene rings is 9. The van der Waals surface area contributed by atoms with Crippen LogP contribution >= 0.6 is 0 Å². The molecule has 0 radical (unpaired) electrons. The second kappa shape index (κ2) is 11.1. The van der Waals surface area contributed by atoms with Gasteiger partial charge < -0.3 is 4.42 Å². The molecule has 49 heavy (non-hydrogen) atoms. The van der Waals surface area contributed by atoms with Crippen molar-refractivity contribution in [1.29, 1.82) is 0 Å². The van der Waals surface area contributed by atoms with Crippen molar-refractivity contribution in [1.82, 2.24) is 0 Å². The summed E-state index contributed by atoms with van der Waals surface area (Å²) in [5.41, 5.74) is 4.35. The van der Waals surface area contributed by atoms with Crippen molar-refractivity contribution in [2.24, 2.45) is 0 Å². The lowest BCUT2D eigenvalue weighted by molar-refractivity contribution is 0.669. The molecule has 0 aliphatic heterocycles. The Hall–Kier alpha value is -6.44. The van der Waals surface area contributed by atoms with Crippen LogP contribution in [0.1, 0.15) is 17.8 Å². The highest BCUT2D eigenvalue weighted by Crippen LogP contribution is 2.47. The molecule has 0 bridgehead atoms. The molecule has 0 amide bonds. The lowest BCUT2D eigenvalue weighted by Gasteiger charge is -2.20. The summed E-state index contributed by atoms with van der Waals surface area (Å²) < 4.78 is 122. The number of hydrogen-bond acceptors (Lipinski definition) is 1. The van der Waals surface area contributed by atoms with Crippen LogP contribution in [0.3, 0.4) is 0 Å². The highest BCUT2D eigenvalue weighted by atomic mass is 16.3. The monoisotopic (exact) mass is 635 g/mol. The molecule has 9 aromatic carbocycles. The fourth-order valence-corrected chi connectivity index (χ4v) is 7.16. The summed E-state index contributed by atoms with van der Waals surface area (Å²) in [7, 11) is 0. The lowest BCUT2D eigenvalue weighted by atomic mass is 9.83. The Morgan fingerprint density at radius 3 is 1.63 bits per heavy atom. The fraction of sp³-hybridized carbons (Fsp3) is 0. The molecular formula is C48H30O. The molecule has 1 aromatic heterocycles. The molecule has 0 fully saturated rings. The first-order valence-electron chi connectivity index (χ1n) is 22.3. The summed E-state index contributed by atoms with van der Waals surface area (Å²) >= 11 is 0. The molecule has 0 spiro atoms. The van der Waals surface area contributed by atoms with E-state index in [9.17, 15) is 5.48 Å². The Bertz CT molecular complexity index is 3520. The maximum absolute atomic E-state index is 9.50. The average Bonchev–Trinajstić information content (AvgIpc) is 3.68. The Kier molecular flexibility index (Phi) is 3.99. The minimum Gasteiger partial charge on any atom is -0.456 e. The quantitative estimate of drug-likeness (QED) is 0.175. The topological polar surface area (TPSA) is 13.1 Å². The lowest BCUT2D eigenvalue weighted by Crippen LogP contribution is -1.92. The maximum Gasteiger partial charge on any atom is 0.136 e. The minimum atomic E-state index is -0.540. The largest absolute Gasteiger partial charge is 0.456 e. The number of fused-ring (bicyclic) bond motifs is 6. The fourth-order valence-electron chi connectivity index (χ4n) is 7.16. The van der Waals surface area contributed by atoms with Gasteiger partial charge in [0.15, 0.2) is 0 Å². The van der Waals surface area contributed by atoms with Crippen LogP contribution in [-0.2, 0) is 0 Å². The smallest absolute Gasteiger partial charge is 0.136 e. The Labute approximate surface area is 302 Å². The van der Waals surface area contributed by atoms with Crippen LogP contribution in [-0.4, -0.2) is 0 Å². The molecule has 0 aliphatic rings. The zero-order valence-corrected chi connectivity index (χ0v) is 25.7. The van der Waals surface area contributed by atoms with Crippen LogP contribution in [0, 0.1) is 0 Å². The second-order valence-corrected chi connectivity index (χ2v) is 11.8. The molecule has 0 aliphatic carbocycles. The van der Waals surface area contributed by atoms with Crippen molar-refractivity contribution in [3.05, 3.63) is 182 Å². The first-order valence-corrected chi connectivity index (χ1v) is 15.8. The SMILES string of the molecule is [2H]c1c([2H])c([2H])c(-c2ccc(-c3c4c([2H])c([2H])c([2H])c([2H])c4c(-c4cccc(-c5cccc6oc7ccccc7c56)c4)c4c([2H])c([2H])c([2H])c([2H])c34)c3ccccc23)c([2H])c1[2H]. The van der Waals surface area contributed by atoms with Gasteiger partial charge in [-0.15, -0.1) is 0 Å². The van der Waals surface area contributed by atoms with Gasteiger partial charge in [-0.1, -0.05) is 163 Å². The zero-order valence-electron chi connectivity index (χ0n) is 38.7. The molecule has 0 saturated carbocycles. The van der Waals surface area contributed by atoms with Gasteiger partial charge >= 0.3 is 0 Å². The molecule has 1 nitrogen and oxygen atoms in total. The third-order valence-electron chi connectivity index (χ3n) is 9.20. The van der Waals surface area contributed by atoms with Gasteiger partial charge in [-0.25, -0.2) is 0 Å². The van der Waals surface area contributed by atoms with Crippen LogP contribution in [0.25, 0.3) is 98.8 Å². The minimum absolute atomic E-state index is 0.0255. The van der Waals surface area contributed by atoms with Gasteiger partial charge in [0.2, 0.25) is 0 Å². The highest BCUT2D eigenvalue weighted by molar-refractivity contribution is 6.24. The van der Waals surface area contributed by atoms with Gasteiger partial charge in [-0.3, -0.25) is 0 Å². The molecular weight excluding hydrogens is 593 g/mol. The van der Waals surface area contributed by atoms with Crippen molar-refractivity contribution < 1.29 is 22.2 Å². The van der Waals surface area contributed by atoms with E-state index in [0.29, 0.717) is 38.6 Å². The van der Waals surface area contributed by atoms with E-state index in [4.69, 9.17) is 16.8 Å². The Morgan fingerprint density at radius 2 is 0.898 bits per heavy atom. The van der Waals surface area contributed by atoms with E-state index in [-0.39, 0.29) is 38.2 Å². The van der Waals surface area contributed by atoms with Gasteiger partial charge in [-0.2, -0.15) is 0 Å². The normalized spacial score (nSPS) is 15.4. The summed E-state index contributed by atoms with van der Waals surface area (Å²) in [6.07, 6.45) is 0. The highest BCUT2D eigenvalue weighted by Gasteiger charge is 2.20. The Balaban J connectivity index is 1.37. The summed E-state index contributed by atoms with van der Waals surface area (Å²) in [6.45, 7) is 0. The number of rotatable bonds is 4. The van der Waals surface area contributed by atoms with E-state index in [1.54, 1.807) is 48.5 Å². The zero-order chi connectivity index (χ0) is 43.6. The van der Waals surface area contributed by atoms with E-state index in [1.807, 2.05) is 54.6 Å².